The first kappa shape index (κ1) is 17.8. The third-order valence-corrected chi connectivity index (χ3v) is 3.63. The monoisotopic (exact) mass is 346 g/mol. The van der Waals surface area contributed by atoms with Crippen LogP contribution in [0, 0.1) is 6.92 Å². The van der Waals surface area contributed by atoms with Crippen molar-refractivity contribution in [2.45, 2.75) is 20.1 Å². The summed E-state index contributed by atoms with van der Waals surface area (Å²) in [6.07, 6.45) is -0.632. The van der Waals surface area contributed by atoms with Crippen molar-refractivity contribution in [3.8, 4) is 0 Å². The Kier molecular flexibility index (Phi) is 6.63. The molecular weight excluding hydrogens is 328 g/mol. The maximum atomic E-state index is 11.8. The number of nitrogens with one attached hydrogen (secondary N) is 2. The summed E-state index contributed by atoms with van der Waals surface area (Å²) in [4.78, 5) is 23.3. The fraction of sp³-hybridized carbons (Fsp3) is 0.222. The van der Waals surface area contributed by atoms with Crippen LogP contribution in [0.5, 0.6) is 0 Å². The molecule has 24 heavy (non-hydrogen) atoms. The number of aryl methyl sites for hydroxylation is 1. The third-order valence-electron chi connectivity index (χ3n) is 3.39. The summed E-state index contributed by atoms with van der Waals surface area (Å²) in [6, 6.07) is 14.8. The highest BCUT2D eigenvalue weighted by atomic mass is 35.5. The van der Waals surface area contributed by atoms with Crippen molar-refractivity contribution in [3.63, 3.8) is 0 Å². The molecule has 0 radical (unpaired) electrons. The van der Waals surface area contributed by atoms with Crippen molar-refractivity contribution in [1.82, 2.24) is 10.6 Å². The summed E-state index contributed by atoms with van der Waals surface area (Å²) in [6.45, 7) is 2.31. The number of ether oxygens (including phenoxy) is 1. The van der Waals surface area contributed by atoms with Crippen LogP contribution in [0.3, 0.4) is 0 Å². The lowest BCUT2D eigenvalue weighted by atomic mass is 10.1. The molecule has 6 heteroatoms. The van der Waals surface area contributed by atoms with Gasteiger partial charge in [0.05, 0.1) is 0 Å². The molecule has 0 bridgehead atoms. The van der Waals surface area contributed by atoms with Crippen molar-refractivity contribution in [2.75, 3.05) is 6.54 Å². The van der Waals surface area contributed by atoms with Crippen LogP contribution in [-0.2, 0) is 22.7 Å². The van der Waals surface area contributed by atoms with Crippen LogP contribution in [0.15, 0.2) is 48.5 Å². The summed E-state index contributed by atoms with van der Waals surface area (Å²) < 4.78 is 5.03. The van der Waals surface area contributed by atoms with E-state index in [1.54, 1.807) is 12.1 Å². The van der Waals surface area contributed by atoms with Crippen molar-refractivity contribution in [1.29, 1.82) is 0 Å². The number of carbonyl (C=O) groups excluding carboxylic acids is 2. The van der Waals surface area contributed by atoms with Crippen LogP contribution in [-0.4, -0.2) is 18.5 Å². The largest absolute Gasteiger partial charge is 0.445 e. The van der Waals surface area contributed by atoms with Gasteiger partial charge in [-0.3, -0.25) is 4.79 Å². The highest BCUT2D eigenvalue weighted by Crippen LogP contribution is 2.14. The van der Waals surface area contributed by atoms with E-state index in [9.17, 15) is 9.59 Å². The molecule has 2 N–H and O–H groups in total. The average Bonchev–Trinajstić information content (AvgIpc) is 2.59. The van der Waals surface area contributed by atoms with Gasteiger partial charge in [0.1, 0.15) is 13.2 Å². The van der Waals surface area contributed by atoms with Gasteiger partial charge in [0.25, 0.3) is 0 Å². The molecule has 5 nitrogen and oxygen atoms in total. The van der Waals surface area contributed by atoms with E-state index in [1.807, 2.05) is 43.3 Å². The molecular formula is C18H19ClN2O3. The zero-order chi connectivity index (χ0) is 17.4. The molecule has 0 unspecified atom stereocenters. The summed E-state index contributed by atoms with van der Waals surface area (Å²) in [5.41, 5.74) is 2.85. The summed E-state index contributed by atoms with van der Waals surface area (Å²) in [7, 11) is 0. The smallest absolute Gasteiger partial charge is 0.407 e. The molecule has 2 aromatic rings. The normalized spacial score (nSPS) is 10.1. The Labute approximate surface area is 146 Å². The molecule has 0 aliphatic carbocycles. The molecule has 0 heterocycles. The Hall–Kier alpha value is -2.53. The van der Waals surface area contributed by atoms with Crippen molar-refractivity contribution >= 4 is 23.6 Å². The second-order valence-electron chi connectivity index (χ2n) is 5.26. The predicted molar refractivity (Wildman–Crippen MR) is 92.7 cm³/mol. The van der Waals surface area contributed by atoms with Gasteiger partial charge in [-0.2, -0.15) is 0 Å². The van der Waals surface area contributed by atoms with Crippen LogP contribution < -0.4 is 10.6 Å². The van der Waals surface area contributed by atoms with Crippen LogP contribution >= 0.6 is 11.6 Å². The number of hydrogen-bond acceptors (Lipinski definition) is 3. The zero-order valence-electron chi connectivity index (χ0n) is 13.3. The fourth-order valence-corrected chi connectivity index (χ4v) is 2.21. The van der Waals surface area contributed by atoms with Gasteiger partial charge in [0.2, 0.25) is 5.91 Å². The second kappa shape index (κ2) is 8.93. The first-order valence-electron chi connectivity index (χ1n) is 7.51. The molecule has 0 fully saturated rings. The van der Waals surface area contributed by atoms with Gasteiger partial charge in [-0.25, -0.2) is 4.79 Å². The quantitative estimate of drug-likeness (QED) is 0.844. The lowest BCUT2D eigenvalue weighted by Crippen LogP contribution is -2.36. The molecule has 0 saturated carbocycles. The number of rotatable bonds is 6. The van der Waals surface area contributed by atoms with Gasteiger partial charge in [0, 0.05) is 11.6 Å². The number of carbonyl (C=O) groups is 2. The summed E-state index contributed by atoms with van der Waals surface area (Å²) >= 11 is 5.93. The number of alkyl carbamates (subject to hydrolysis) is 1. The number of hydrogen-bond donors (Lipinski definition) is 2. The van der Waals surface area contributed by atoms with E-state index in [1.165, 1.54) is 0 Å². The topological polar surface area (TPSA) is 67.4 Å². The van der Waals surface area contributed by atoms with Gasteiger partial charge in [-0.1, -0.05) is 48.0 Å². The minimum Gasteiger partial charge on any atom is -0.445 e. The molecule has 126 valence electrons. The SMILES string of the molecule is Cc1ccc(Cl)cc1CNC(=O)CNC(=O)OCc1ccccc1. The fourth-order valence-electron chi connectivity index (χ4n) is 2.01. The Balaban J connectivity index is 1.69. The van der Waals surface area contributed by atoms with Gasteiger partial charge >= 0.3 is 6.09 Å². The highest BCUT2D eigenvalue weighted by Gasteiger charge is 2.07. The van der Waals surface area contributed by atoms with E-state index in [2.05, 4.69) is 10.6 Å². The first-order valence-corrected chi connectivity index (χ1v) is 7.88. The maximum Gasteiger partial charge on any atom is 0.407 e. The van der Waals surface area contributed by atoms with Gasteiger partial charge in [-0.15, -0.1) is 0 Å². The Morgan fingerprint density at radius 2 is 1.83 bits per heavy atom. The Morgan fingerprint density at radius 1 is 1.08 bits per heavy atom. The van der Waals surface area contributed by atoms with Crippen molar-refractivity contribution in [2.24, 2.45) is 0 Å². The zero-order valence-corrected chi connectivity index (χ0v) is 14.1. The van der Waals surface area contributed by atoms with Gasteiger partial charge in [-0.05, 0) is 35.7 Å². The van der Waals surface area contributed by atoms with Gasteiger partial charge in [0.15, 0.2) is 0 Å². The molecule has 0 aromatic heterocycles. The molecule has 2 aromatic carbocycles. The molecule has 0 aliphatic rings. The first-order chi connectivity index (χ1) is 11.5. The summed E-state index contributed by atoms with van der Waals surface area (Å²) in [5, 5.41) is 5.76. The third kappa shape index (κ3) is 5.93. The maximum absolute atomic E-state index is 11.8. The molecule has 0 saturated heterocycles. The van der Waals surface area contributed by atoms with E-state index in [4.69, 9.17) is 16.3 Å². The van der Waals surface area contributed by atoms with Crippen LogP contribution in [0.4, 0.5) is 4.79 Å². The number of halogens is 1. The summed E-state index contributed by atoms with van der Waals surface area (Å²) in [5.74, 6) is -0.300. The van der Waals surface area contributed by atoms with E-state index in [-0.39, 0.29) is 19.1 Å². The minimum absolute atomic E-state index is 0.146. The molecule has 2 rings (SSSR count). The Morgan fingerprint density at radius 3 is 2.58 bits per heavy atom. The highest BCUT2D eigenvalue weighted by molar-refractivity contribution is 6.30. The molecule has 2 amide bonds. The van der Waals surface area contributed by atoms with Crippen LogP contribution in [0.1, 0.15) is 16.7 Å². The molecule has 0 atom stereocenters. The lowest BCUT2D eigenvalue weighted by Gasteiger charge is -2.10. The van der Waals surface area contributed by atoms with E-state index >= 15 is 0 Å². The van der Waals surface area contributed by atoms with Crippen LogP contribution in [0.2, 0.25) is 5.02 Å². The van der Waals surface area contributed by atoms with E-state index in [0.717, 1.165) is 16.7 Å². The lowest BCUT2D eigenvalue weighted by molar-refractivity contribution is -0.120. The average molecular weight is 347 g/mol. The number of benzene rings is 2. The van der Waals surface area contributed by atoms with Gasteiger partial charge < -0.3 is 15.4 Å². The minimum atomic E-state index is -0.632. The Bertz CT molecular complexity index is 705. The second-order valence-corrected chi connectivity index (χ2v) is 5.70. The van der Waals surface area contributed by atoms with Crippen LogP contribution in [0.25, 0.3) is 0 Å². The van der Waals surface area contributed by atoms with E-state index in [0.29, 0.717) is 11.6 Å². The molecule has 0 aliphatic heterocycles. The molecule has 0 spiro atoms. The van der Waals surface area contributed by atoms with E-state index < -0.39 is 6.09 Å². The number of amides is 2. The standard InChI is InChI=1S/C18H19ClN2O3/c1-13-7-8-16(19)9-15(13)10-20-17(22)11-21-18(23)24-12-14-5-3-2-4-6-14/h2-9H,10-12H2,1H3,(H,20,22)(H,21,23). The van der Waals surface area contributed by atoms with Crippen molar-refractivity contribution in [3.05, 3.63) is 70.2 Å². The van der Waals surface area contributed by atoms with Crippen molar-refractivity contribution < 1.29 is 14.3 Å². The predicted octanol–water partition coefficient (Wildman–Crippen LogP) is 3.19.